The first-order chi connectivity index (χ1) is 11.1. The van der Waals surface area contributed by atoms with Crippen LogP contribution in [0.5, 0.6) is 5.75 Å². The molecular formula is C17H33NO4Si3. The lowest BCUT2D eigenvalue weighted by molar-refractivity contribution is 0.0719. The van der Waals surface area contributed by atoms with Gasteiger partial charge < -0.3 is 13.3 Å². The average Bonchev–Trinajstić information content (AvgIpc) is 2.34. The van der Waals surface area contributed by atoms with E-state index >= 15 is 0 Å². The first kappa shape index (κ1) is 22.1. The maximum Gasteiger partial charge on any atom is 0.329 e. The zero-order valence-electron chi connectivity index (χ0n) is 17.4. The monoisotopic (exact) mass is 399 g/mol. The predicted molar refractivity (Wildman–Crippen MR) is 110 cm³/mol. The Morgan fingerprint density at radius 3 is 1.96 bits per heavy atom. The van der Waals surface area contributed by atoms with Crippen molar-refractivity contribution in [3.63, 3.8) is 0 Å². The SMILES string of the molecule is Cc1ncc(CO[Si](C)(C)C)c(C(=O)O[Si](C)(C)C)c1O[Si](C)(C)C. The highest BCUT2D eigenvalue weighted by Gasteiger charge is 2.30. The second kappa shape index (κ2) is 7.73. The van der Waals surface area contributed by atoms with E-state index in [1.807, 2.05) is 26.6 Å². The molecule has 1 heterocycles. The third kappa shape index (κ3) is 7.85. The Kier molecular flexibility index (Phi) is 6.82. The molecule has 0 saturated carbocycles. The molecule has 0 amide bonds. The third-order valence-electron chi connectivity index (χ3n) is 2.96. The number of hydrogen-bond acceptors (Lipinski definition) is 5. The van der Waals surface area contributed by atoms with Crippen molar-refractivity contribution in [1.82, 2.24) is 4.98 Å². The minimum Gasteiger partial charge on any atom is -0.543 e. The molecular weight excluding hydrogens is 366 g/mol. The van der Waals surface area contributed by atoms with Crippen molar-refractivity contribution in [1.29, 1.82) is 0 Å². The van der Waals surface area contributed by atoms with Crippen LogP contribution in [0.15, 0.2) is 6.20 Å². The molecule has 1 aromatic rings. The van der Waals surface area contributed by atoms with E-state index in [0.717, 1.165) is 5.56 Å². The van der Waals surface area contributed by atoms with Crippen molar-refractivity contribution < 1.29 is 18.1 Å². The molecule has 5 nitrogen and oxygen atoms in total. The number of carbonyl (C=O) groups is 1. The Morgan fingerprint density at radius 1 is 0.960 bits per heavy atom. The van der Waals surface area contributed by atoms with Crippen LogP contribution in [0.1, 0.15) is 21.6 Å². The number of aromatic nitrogens is 1. The van der Waals surface area contributed by atoms with E-state index in [1.165, 1.54) is 0 Å². The molecule has 0 bridgehead atoms. The van der Waals surface area contributed by atoms with Crippen molar-refractivity contribution in [2.24, 2.45) is 0 Å². The number of nitrogens with zero attached hydrogens (tertiary/aromatic N) is 1. The molecule has 0 saturated heterocycles. The molecule has 0 aliphatic carbocycles. The second-order valence-corrected chi connectivity index (χ2v) is 22.6. The van der Waals surface area contributed by atoms with E-state index in [9.17, 15) is 4.79 Å². The first-order valence-electron chi connectivity index (χ1n) is 8.64. The van der Waals surface area contributed by atoms with Crippen LogP contribution in [0.4, 0.5) is 0 Å². The molecule has 25 heavy (non-hydrogen) atoms. The fourth-order valence-corrected chi connectivity index (χ4v) is 4.12. The van der Waals surface area contributed by atoms with Gasteiger partial charge in [0.25, 0.3) is 0 Å². The summed E-state index contributed by atoms with van der Waals surface area (Å²) in [6.07, 6.45) is 1.72. The summed E-state index contributed by atoms with van der Waals surface area (Å²) in [5.41, 5.74) is 1.93. The summed E-state index contributed by atoms with van der Waals surface area (Å²) < 4.78 is 18.0. The summed E-state index contributed by atoms with van der Waals surface area (Å²) in [5, 5.41) is 0. The van der Waals surface area contributed by atoms with Crippen LogP contribution < -0.4 is 4.43 Å². The summed E-state index contributed by atoms with van der Waals surface area (Å²) >= 11 is 0. The minimum absolute atomic E-state index is 0.327. The zero-order valence-corrected chi connectivity index (χ0v) is 20.4. The fourth-order valence-electron chi connectivity index (χ4n) is 2.01. The molecule has 0 spiro atoms. The Labute approximate surface area is 155 Å². The third-order valence-corrected chi connectivity index (χ3v) is 5.59. The molecule has 0 aliphatic heterocycles. The molecule has 0 unspecified atom stereocenters. The van der Waals surface area contributed by atoms with Crippen LogP contribution in [-0.2, 0) is 15.5 Å². The molecule has 0 atom stereocenters. The van der Waals surface area contributed by atoms with Crippen LogP contribution in [0.3, 0.4) is 0 Å². The molecule has 0 N–H and O–H groups in total. The summed E-state index contributed by atoms with van der Waals surface area (Å²) in [5.74, 6) is 0.228. The van der Waals surface area contributed by atoms with E-state index in [4.69, 9.17) is 13.3 Å². The van der Waals surface area contributed by atoms with E-state index < -0.39 is 25.0 Å². The summed E-state index contributed by atoms with van der Waals surface area (Å²) in [6, 6.07) is 0. The second-order valence-electron chi connectivity index (χ2n) is 9.19. The summed E-state index contributed by atoms with van der Waals surface area (Å²) in [7, 11) is -5.67. The zero-order chi connectivity index (χ0) is 19.6. The van der Waals surface area contributed by atoms with Gasteiger partial charge >= 0.3 is 5.97 Å². The Bertz CT molecular complexity index is 628. The quantitative estimate of drug-likeness (QED) is 0.607. The number of pyridine rings is 1. The van der Waals surface area contributed by atoms with Crippen LogP contribution >= 0.6 is 0 Å². The molecule has 142 valence electrons. The number of rotatable bonds is 7. The van der Waals surface area contributed by atoms with Gasteiger partial charge in [-0.25, -0.2) is 4.79 Å². The van der Waals surface area contributed by atoms with Crippen molar-refractivity contribution >= 4 is 30.9 Å². The van der Waals surface area contributed by atoms with Gasteiger partial charge in [-0.2, -0.15) is 0 Å². The number of carbonyl (C=O) groups excluding carboxylic acids is 1. The van der Waals surface area contributed by atoms with Crippen LogP contribution in [0.25, 0.3) is 0 Å². The summed E-state index contributed by atoms with van der Waals surface area (Å²) in [6.45, 7) is 20.8. The first-order valence-corrected chi connectivity index (χ1v) is 18.9. The van der Waals surface area contributed by atoms with Crippen molar-refractivity contribution in [3.8, 4) is 5.75 Å². The van der Waals surface area contributed by atoms with E-state index in [0.29, 0.717) is 23.6 Å². The summed E-state index contributed by atoms with van der Waals surface area (Å²) in [4.78, 5) is 17.4. The van der Waals surface area contributed by atoms with Gasteiger partial charge in [0, 0.05) is 11.8 Å². The molecule has 8 heteroatoms. The molecule has 0 radical (unpaired) electrons. The van der Waals surface area contributed by atoms with Gasteiger partial charge in [0.05, 0.1) is 12.3 Å². The van der Waals surface area contributed by atoms with Crippen molar-refractivity contribution in [2.75, 3.05) is 0 Å². The predicted octanol–water partition coefficient (Wildman–Crippen LogP) is 4.95. The van der Waals surface area contributed by atoms with Gasteiger partial charge in [-0.3, -0.25) is 4.98 Å². The lowest BCUT2D eigenvalue weighted by Gasteiger charge is -2.26. The van der Waals surface area contributed by atoms with E-state index in [2.05, 4.69) is 44.3 Å². The number of hydrogen-bond donors (Lipinski definition) is 0. The maximum absolute atomic E-state index is 12.9. The fraction of sp³-hybridized carbons (Fsp3) is 0.647. The standard InChI is InChI=1S/C17H33NO4Si3/c1-13-16(21-24(5,6)7)15(17(19)22-25(8,9)10)14(11-18-13)12-20-23(2,3)4/h11H,12H2,1-10H3. The van der Waals surface area contributed by atoms with Crippen LogP contribution in [-0.4, -0.2) is 35.9 Å². The normalized spacial score (nSPS) is 12.9. The highest BCUT2D eigenvalue weighted by Crippen LogP contribution is 2.30. The van der Waals surface area contributed by atoms with E-state index in [1.54, 1.807) is 6.20 Å². The molecule has 0 aliphatic rings. The Balaban J connectivity index is 3.41. The smallest absolute Gasteiger partial charge is 0.329 e. The largest absolute Gasteiger partial charge is 0.543 e. The molecule has 1 rings (SSSR count). The topological polar surface area (TPSA) is 57.7 Å². The molecule has 0 aromatic carbocycles. The van der Waals surface area contributed by atoms with Crippen molar-refractivity contribution in [3.05, 3.63) is 23.0 Å². The van der Waals surface area contributed by atoms with Crippen LogP contribution in [0, 0.1) is 6.92 Å². The number of aryl methyl sites for hydroxylation is 1. The Hall–Kier alpha value is -0.969. The van der Waals surface area contributed by atoms with Gasteiger partial charge in [0.2, 0.25) is 16.6 Å². The Morgan fingerprint density at radius 2 is 1.52 bits per heavy atom. The minimum atomic E-state index is -2.03. The van der Waals surface area contributed by atoms with Gasteiger partial charge in [0.15, 0.2) is 8.32 Å². The molecule has 0 fully saturated rings. The van der Waals surface area contributed by atoms with Gasteiger partial charge in [0.1, 0.15) is 11.3 Å². The highest BCUT2D eigenvalue weighted by atomic mass is 28.4. The van der Waals surface area contributed by atoms with E-state index in [-0.39, 0.29) is 5.97 Å². The lowest BCUT2D eigenvalue weighted by Crippen LogP contribution is -2.34. The van der Waals surface area contributed by atoms with Gasteiger partial charge in [-0.15, -0.1) is 0 Å². The van der Waals surface area contributed by atoms with Crippen molar-refractivity contribution in [2.45, 2.75) is 72.5 Å². The maximum atomic E-state index is 12.9. The van der Waals surface area contributed by atoms with Gasteiger partial charge in [-0.1, -0.05) is 0 Å². The highest BCUT2D eigenvalue weighted by molar-refractivity contribution is 6.71. The molecule has 1 aromatic heterocycles. The van der Waals surface area contributed by atoms with Crippen LogP contribution in [0.2, 0.25) is 58.9 Å². The van der Waals surface area contributed by atoms with Gasteiger partial charge in [-0.05, 0) is 65.8 Å². The lowest BCUT2D eigenvalue weighted by atomic mass is 10.1. The average molecular weight is 400 g/mol.